The third kappa shape index (κ3) is 3.33. The fourth-order valence-electron chi connectivity index (χ4n) is 2.27. The van der Waals surface area contributed by atoms with Gasteiger partial charge in [-0.3, -0.25) is 0 Å². The van der Waals surface area contributed by atoms with Crippen LogP contribution < -0.4 is 9.64 Å². The standard InChI is InChI=1S/C14H16N4O3S/c1-20-12(19)11-9-22-14(17-11)18-7-3-10(4-8-18)21-13-15-5-2-6-16-13/h2,5-6,9-10H,3-4,7-8H2,1H3. The van der Waals surface area contributed by atoms with E-state index in [4.69, 9.17) is 4.74 Å². The van der Waals surface area contributed by atoms with Gasteiger partial charge in [-0.2, -0.15) is 0 Å². The Bertz CT molecular complexity index is 626. The summed E-state index contributed by atoms with van der Waals surface area (Å²) < 4.78 is 10.4. The zero-order chi connectivity index (χ0) is 15.4. The molecule has 0 amide bonds. The number of piperidine rings is 1. The quantitative estimate of drug-likeness (QED) is 0.794. The van der Waals surface area contributed by atoms with E-state index in [0.717, 1.165) is 31.1 Å². The zero-order valence-electron chi connectivity index (χ0n) is 12.1. The molecule has 0 atom stereocenters. The Hall–Kier alpha value is -2.22. The van der Waals surface area contributed by atoms with Gasteiger partial charge in [-0.1, -0.05) is 0 Å². The average Bonchev–Trinajstić information content (AvgIpc) is 3.06. The largest absolute Gasteiger partial charge is 0.464 e. The van der Waals surface area contributed by atoms with Gasteiger partial charge < -0.3 is 14.4 Å². The van der Waals surface area contributed by atoms with Crippen molar-refractivity contribution < 1.29 is 14.3 Å². The van der Waals surface area contributed by atoms with Gasteiger partial charge in [0.05, 0.1) is 7.11 Å². The molecule has 1 fully saturated rings. The van der Waals surface area contributed by atoms with Crippen LogP contribution in [0.15, 0.2) is 23.8 Å². The van der Waals surface area contributed by atoms with Crippen LogP contribution in [0, 0.1) is 0 Å². The molecular formula is C14H16N4O3S. The second-order valence-corrected chi connectivity index (χ2v) is 5.68. The van der Waals surface area contributed by atoms with Crippen molar-refractivity contribution in [3.05, 3.63) is 29.5 Å². The summed E-state index contributed by atoms with van der Waals surface area (Å²) in [6.45, 7) is 1.65. The second kappa shape index (κ2) is 6.69. The van der Waals surface area contributed by atoms with Crippen molar-refractivity contribution in [2.24, 2.45) is 0 Å². The maximum Gasteiger partial charge on any atom is 0.357 e. The number of carbonyl (C=O) groups excluding carboxylic acids is 1. The highest BCUT2D eigenvalue weighted by atomic mass is 32.1. The summed E-state index contributed by atoms with van der Waals surface area (Å²) >= 11 is 1.45. The number of esters is 1. The number of aromatic nitrogens is 3. The number of anilines is 1. The van der Waals surface area contributed by atoms with Crippen molar-refractivity contribution in [1.82, 2.24) is 15.0 Å². The van der Waals surface area contributed by atoms with Crippen LogP contribution >= 0.6 is 11.3 Å². The molecule has 2 aromatic rings. The summed E-state index contributed by atoms with van der Waals surface area (Å²) in [7, 11) is 1.36. The molecule has 8 heteroatoms. The number of ether oxygens (including phenoxy) is 2. The van der Waals surface area contributed by atoms with Crippen molar-refractivity contribution in [3.8, 4) is 6.01 Å². The van der Waals surface area contributed by atoms with Crippen molar-refractivity contribution in [3.63, 3.8) is 0 Å². The lowest BCUT2D eigenvalue weighted by Crippen LogP contribution is -2.38. The minimum absolute atomic E-state index is 0.110. The average molecular weight is 320 g/mol. The number of carbonyl (C=O) groups is 1. The van der Waals surface area contributed by atoms with E-state index < -0.39 is 5.97 Å². The summed E-state index contributed by atoms with van der Waals surface area (Å²) in [5.74, 6) is -0.401. The molecule has 0 aromatic carbocycles. The molecule has 1 aliphatic rings. The van der Waals surface area contributed by atoms with Crippen LogP contribution in [0.25, 0.3) is 0 Å². The van der Waals surface area contributed by atoms with Gasteiger partial charge in [-0.25, -0.2) is 19.7 Å². The molecule has 0 spiro atoms. The number of nitrogens with zero attached hydrogens (tertiary/aromatic N) is 4. The molecule has 22 heavy (non-hydrogen) atoms. The van der Waals surface area contributed by atoms with Gasteiger partial charge in [0.15, 0.2) is 10.8 Å². The Labute approximate surface area is 131 Å². The van der Waals surface area contributed by atoms with E-state index in [-0.39, 0.29) is 6.10 Å². The number of hydrogen-bond donors (Lipinski definition) is 0. The van der Waals surface area contributed by atoms with Crippen molar-refractivity contribution >= 4 is 22.4 Å². The summed E-state index contributed by atoms with van der Waals surface area (Å²) in [6, 6.07) is 2.18. The van der Waals surface area contributed by atoms with E-state index in [2.05, 4.69) is 24.6 Å². The smallest absolute Gasteiger partial charge is 0.357 e. The van der Waals surface area contributed by atoms with Crippen LogP contribution in [-0.2, 0) is 4.74 Å². The molecule has 1 aliphatic heterocycles. The van der Waals surface area contributed by atoms with Crippen LogP contribution in [0.2, 0.25) is 0 Å². The van der Waals surface area contributed by atoms with Gasteiger partial charge in [0.25, 0.3) is 0 Å². The van der Waals surface area contributed by atoms with E-state index in [1.165, 1.54) is 18.4 Å². The Morgan fingerprint density at radius 1 is 1.32 bits per heavy atom. The van der Waals surface area contributed by atoms with Crippen molar-refractivity contribution in [2.45, 2.75) is 18.9 Å². The molecule has 7 nitrogen and oxygen atoms in total. The summed E-state index contributed by atoms with van der Waals surface area (Å²) in [5.41, 5.74) is 0.360. The van der Waals surface area contributed by atoms with Gasteiger partial charge in [0, 0.05) is 43.7 Å². The van der Waals surface area contributed by atoms with E-state index in [0.29, 0.717) is 11.7 Å². The SMILES string of the molecule is COC(=O)c1csc(N2CCC(Oc3ncccn3)CC2)n1. The maximum absolute atomic E-state index is 11.4. The molecule has 0 radical (unpaired) electrons. The van der Waals surface area contributed by atoms with E-state index >= 15 is 0 Å². The number of rotatable bonds is 4. The van der Waals surface area contributed by atoms with E-state index in [9.17, 15) is 4.79 Å². The molecule has 0 saturated carbocycles. The number of thiazole rings is 1. The van der Waals surface area contributed by atoms with E-state index in [1.807, 2.05) is 0 Å². The molecule has 2 aromatic heterocycles. The summed E-state index contributed by atoms with van der Waals surface area (Å²) in [4.78, 5) is 26.1. The molecule has 1 saturated heterocycles. The number of methoxy groups -OCH3 is 1. The van der Waals surface area contributed by atoms with Crippen LogP contribution in [0.3, 0.4) is 0 Å². The summed E-state index contributed by atoms with van der Waals surface area (Å²) in [5, 5.41) is 2.57. The lowest BCUT2D eigenvalue weighted by atomic mass is 10.1. The molecule has 116 valence electrons. The minimum atomic E-state index is -0.401. The van der Waals surface area contributed by atoms with Gasteiger partial charge in [0.1, 0.15) is 6.10 Å². The maximum atomic E-state index is 11.4. The van der Waals surface area contributed by atoms with Gasteiger partial charge >= 0.3 is 12.0 Å². The Kier molecular flexibility index (Phi) is 4.47. The lowest BCUT2D eigenvalue weighted by molar-refractivity contribution is 0.0595. The van der Waals surface area contributed by atoms with Gasteiger partial charge in [0.2, 0.25) is 0 Å². The van der Waals surface area contributed by atoms with Crippen LogP contribution in [0.4, 0.5) is 5.13 Å². The monoisotopic (exact) mass is 320 g/mol. The Balaban J connectivity index is 1.55. The predicted octanol–water partition coefficient (Wildman–Crippen LogP) is 1.77. The Morgan fingerprint density at radius 3 is 2.73 bits per heavy atom. The van der Waals surface area contributed by atoms with Crippen molar-refractivity contribution in [2.75, 3.05) is 25.1 Å². The first-order valence-electron chi connectivity index (χ1n) is 6.98. The highest BCUT2D eigenvalue weighted by molar-refractivity contribution is 7.13. The molecule has 3 rings (SSSR count). The minimum Gasteiger partial charge on any atom is -0.464 e. The lowest BCUT2D eigenvalue weighted by Gasteiger charge is -2.31. The first kappa shape index (κ1) is 14.7. The molecule has 0 N–H and O–H groups in total. The summed E-state index contributed by atoms with van der Waals surface area (Å²) in [6.07, 6.45) is 5.18. The first-order valence-corrected chi connectivity index (χ1v) is 7.86. The normalized spacial score (nSPS) is 15.6. The van der Waals surface area contributed by atoms with Crippen LogP contribution in [-0.4, -0.2) is 47.2 Å². The number of hydrogen-bond acceptors (Lipinski definition) is 8. The highest BCUT2D eigenvalue weighted by Crippen LogP contribution is 2.25. The second-order valence-electron chi connectivity index (χ2n) is 4.84. The Morgan fingerprint density at radius 2 is 2.05 bits per heavy atom. The van der Waals surface area contributed by atoms with Crippen LogP contribution in [0.5, 0.6) is 6.01 Å². The van der Waals surface area contributed by atoms with Gasteiger partial charge in [-0.15, -0.1) is 11.3 Å². The molecule has 0 unspecified atom stereocenters. The zero-order valence-corrected chi connectivity index (χ0v) is 13.0. The topological polar surface area (TPSA) is 77.4 Å². The molecule has 0 aliphatic carbocycles. The van der Waals surface area contributed by atoms with Crippen LogP contribution in [0.1, 0.15) is 23.3 Å². The molecular weight excluding hydrogens is 304 g/mol. The fourth-order valence-corrected chi connectivity index (χ4v) is 3.12. The third-order valence-corrected chi connectivity index (χ3v) is 4.31. The third-order valence-electron chi connectivity index (χ3n) is 3.41. The van der Waals surface area contributed by atoms with Gasteiger partial charge in [-0.05, 0) is 6.07 Å². The fraction of sp³-hybridized carbons (Fsp3) is 0.429. The molecule has 0 bridgehead atoms. The highest BCUT2D eigenvalue weighted by Gasteiger charge is 2.24. The van der Waals surface area contributed by atoms with E-state index in [1.54, 1.807) is 23.8 Å². The van der Waals surface area contributed by atoms with Crippen molar-refractivity contribution in [1.29, 1.82) is 0 Å². The first-order chi connectivity index (χ1) is 10.8. The predicted molar refractivity (Wildman–Crippen MR) is 81.3 cm³/mol. The molecule has 3 heterocycles.